The number of ether oxygens (including phenoxy) is 1. The molecule has 2 aromatic carbocycles. The van der Waals surface area contributed by atoms with Crippen molar-refractivity contribution in [2.24, 2.45) is 0 Å². The first-order valence-corrected chi connectivity index (χ1v) is 6.84. The van der Waals surface area contributed by atoms with Crippen LogP contribution in [0.2, 0.25) is 0 Å². The van der Waals surface area contributed by atoms with Gasteiger partial charge < -0.3 is 4.74 Å². The Balaban J connectivity index is 2.54. The summed E-state index contributed by atoms with van der Waals surface area (Å²) in [5, 5.41) is 10.9. The zero-order valence-electron chi connectivity index (χ0n) is 9.87. The van der Waals surface area contributed by atoms with Crippen molar-refractivity contribution in [2.75, 3.05) is 0 Å². The zero-order chi connectivity index (χ0) is 15.7. The number of hydrogen-bond donors (Lipinski definition) is 0. The van der Waals surface area contributed by atoms with E-state index in [-0.39, 0.29) is 8.95 Å². The van der Waals surface area contributed by atoms with Crippen molar-refractivity contribution in [3.8, 4) is 11.5 Å². The Labute approximate surface area is 132 Å². The molecule has 0 N–H and O–H groups in total. The summed E-state index contributed by atoms with van der Waals surface area (Å²) in [6.07, 6.45) is 0. The maximum atomic E-state index is 13.6. The average molecular weight is 427 g/mol. The first-order valence-electron chi connectivity index (χ1n) is 5.25. The van der Waals surface area contributed by atoms with Gasteiger partial charge in [0.05, 0.1) is 9.40 Å². The quantitative estimate of drug-likeness (QED) is 0.378. The van der Waals surface area contributed by atoms with Gasteiger partial charge in [-0.05, 0) is 28.1 Å². The summed E-state index contributed by atoms with van der Waals surface area (Å²) in [7, 11) is 0. The topological polar surface area (TPSA) is 52.4 Å². The summed E-state index contributed by atoms with van der Waals surface area (Å²) < 4.78 is 45.3. The molecule has 0 spiro atoms. The number of rotatable bonds is 3. The van der Waals surface area contributed by atoms with Crippen LogP contribution < -0.4 is 4.74 Å². The molecule has 0 aliphatic heterocycles. The first-order chi connectivity index (χ1) is 9.79. The van der Waals surface area contributed by atoms with Gasteiger partial charge in [-0.15, -0.1) is 0 Å². The molecule has 0 amide bonds. The molecule has 110 valence electrons. The van der Waals surface area contributed by atoms with E-state index in [2.05, 4.69) is 31.9 Å². The van der Waals surface area contributed by atoms with Crippen LogP contribution in [-0.2, 0) is 0 Å². The van der Waals surface area contributed by atoms with Crippen LogP contribution in [0.25, 0.3) is 0 Å². The van der Waals surface area contributed by atoms with Crippen molar-refractivity contribution in [1.29, 1.82) is 0 Å². The molecule has 2 aromatic rings. The monoisotopic (exact) mass is 425 g/mol. The first kappa shape index (κ1) is 15.8. The summed E-state index contributed by atoms with van der Waals surface area (Å²) in [6, 6.07) is 3.51. The average Bonchev–Trinajstić information content (AvgIpc) is 2.39. The van der Waals surface area contributed by atoms with Gasteiger partial charge in [0, 0.05) is 16.6 Å². The van der Waals surface area contributed by atoms with E-state index >= 15 is 0 Å². The SMILES string of the molecule is O=[N+]([O-])c1cc(Br)c(F)cc1Oc1cc(Br)cc(F)c1F. The second-order valence-electron chi connectivity index (χ2n) is 3.79. The molecule has 0 aromatic heterocycles. The molecule has 4 nitrogen and oxygen atoms in total. The molecule has 0 aliphatic carbocycles. The van der Waals surface area contributed by atoms with Crippen molar-refractivity contribution in [3.63, 3.8) is 0 Å². The molecule has 21 heavy (non-hydrogen) atoms. The Morgan fingerprint density at radius 2 is 1.67 bits per heavy atom. The second kappa shape index (κ2) is 6.02. The normalized spacial score (nSPS) is 10.5. The molecular formula is C12H4Br2F3NO3. The van der Waals surface area contributed by atoms with Crippen LogP contribution >= 0.6 is 31.9 Å². The third-order valence-electron chi connectivity index (χ3n) is 2.38. The lowest BCUT2D eigenvalue weighted by Gasteiger charge is -2.09. The van der Waals surface area contributed by atoms with Crippen LogP contribution in [0.1, 0.15) is 0 Å². The lowest BCUT2D eigenvalue weighted by Crippen LogP contribution is -1.98. The van der Waals surface area contributed by atoms with Gasteiger partial charge in [0.15, 0.2) is 11.6 Å². The van der Waals surface area contributed by atoms with Crippen molar-refractivity contribution in [2.45, 2.75) is 0 Å². The van der Waals surface area contributed by atoms with Crippen LogP contribution in [0.15, 0.2) is 33.2 Å². The van der Waals surface area contributed by atoms with E-state index in [1.54, 1.807) is 0 Å². The fourth-order valence-electron chi connectivity index (χ4n) is 1.47. The van der Waals surface area contributed by atoms with Gasteiger partial charge in [0.25, 0.3) is 0 Å². The highest BCUT2D eigenvalue weighted by Crippen LogP contribution is 2.37. The third-order valence-corrected chi connectivity index (χ3v) is 3.44. The minimum Gasteiger partial charge on any atom is -0.447 e. The van der Waals surface area contributed by atoms with Gasteiger partial charge in [0.1, 0.15) is 5.82 Å². The van der Waals surface area contributed by atoms with Crippen molar-refractivity contribution < 1.29 is 22.8 Å². The van der Waals surface area contributed by atoms with Gasteiger partial charge in [-0.3, -0.25) is 10.1 Å². The van der Waals surface area contributed by atoms with E-state index in [1.165, 1.54) is 0 Å². The summed E-state index contributed by atoms with van der Waals surface area (Å²) in [5.41, 5.74) is -0.594. The Morgan fingerprint density at radius 3 is 2.29 bits per heavy atom. The van der Waals surface area contributed by atoms with E-state index in [1.807, 2.05) is 0 Å². The maximum Gasteiger partial charge on any atom is 0.312 e. The highest BCUT2D eigenvalue weighted by molar-refractivity contribution is 9.10. The predicted octanol–water partition coefficient (Wildman–Crippen LogP) is 5.33. The van der Waals surface area contributed by atoms with E-state index in [9.17, 15) is 23.3 Å². The van der Waals surface area contributed by atoms with E-state index in [4.69, 9.17) is 4.74 Å². The Hall–Kier alpha value is -1.61. The van der Waals surface area contributed by atoms with Gasteiger partial charge in [-0.1, -0.05) is 15.9 Å². The molecule has 9 heteroatoms. The van der Waals surface area contributed by atoms with E-state index in [0.29, 0.717) is 6.07 Å². The van der Waals surface area contributed by atoms with Gasteiger partial charge in [0.2, 0.25) is 11.6 Å². The standard InChI is InChI=1S/C12H4Br2F3NO3/c13-5-1-8(16)12(17)11(2-5)21-10-4-7(15)6(14)3-9(10)18(19)20/h1-4H. The number of hydrogen-bond acceptors (Lipinski definition) is 3. The van der Waals surface area contributed by atoms with Gasteiger partial charge in [-0.25, -0.2) is 8.78 Å². The van der Waals surface area contributed by atoms with Crippen molar-refractivity contribution in [3.05, 3.63) is 60.8 Å². The lowest BCUT2D eigenvalue weighted by molar-refractivity contribution is -0.385. The highest BCUT2D eigenvalue weighted by atomic mass is 79.9. The molecule has 0 aliphatic rings. The largest absolute Gasteiger partial charge is 0.447 e. The molecule has 0 heterocycles. The molecule has 0 radical (unpaired) electrons. The smallest absolute Gasteiger partial charge is 0.312 e. The van der Waals surface area contributed by atoms with E-state index < -0.39 is 39.6 Å². The predicted molar refractivity (Wildman–Crippen MR) is 74.9 cm³/mol. The molecule has 0 fully saturated rings. The second-order valence-corrected chi connectivity index (χ2v) is 5.56. The Kier molecular flexibility index (Phi) is 4.52. The van der Waals surface area contributed by atoms with E-state index in [0.717, 1.165) is 18.2 Å². The van der Waals surface area contributed by atoms with Crippen LogP contribution in [-0.4, -0.2) is 4.92 Å². The maximum absolute atomic E-state index is 13.6. The Bertz CT molecular complexity index is 740. The summed E-state index contributed by atoms with van der Waals surface area (Å²) >= 11 is 5.73. The van der Waals surface area contributed by atoms with Crippen LogP contribution in [0.3, 0.4) is 0 Å². The van der Waals surface area contributed by atoms with Crippen molar-refractivity contribution in [1.82, 2.24) is 0 Å². The summed E-state index contributed by atoms with van der Waals surface area (Å²) in [4.78, 5) is 10.1. The van der Waals surface area contributed by atoms with Crippen LogP contribution in [0.4, 0.5) is 18.9 Å². The summed E-state index contributed by atoms with van der Waals surface area (Å²) in [5.74, 6) is -4.54. The molecular weight excluding hydrogens is 423 g/mol. The van der Waals surface area contributed by atoms with Gasteiger partial charge in [-0.2, -0.15) is 4.39 Å². The van der Waals surface area contributed by atoms with Crippen LogP contribution in [0, 0.1) is 27.6 Å². The zero-order valence-corrected chi connectivity index (χ0v) is 13.0. The minimum atomic E-state index is -1.34. The Morgan fingerprint density at radius 1 is 1.00 bits per heavy atom. The number of halogens is 5. The third kappa shape index (κ3) is 3.35. The molecule has 2 rings (SSSR count). The van der Waals surface area contributed by atoms with Gasteiger partial charge >= 0.3 is 5.69 Å². The number of nitrogens with zero attached hydrogens (tertiary/aromatic N) is 1. The minimum absolute atomic E-state index is 0.151. The summed E-state index contributed by atoms with van der Waals surface area (Å²) in [6.45, 7) is 0. The van der Waals surface area contributed by atoms with Crippen LogP contribution in [0.5, 0.6) is 11.5 Å². The van der Waals surface area contributed by atoms with Crippen molar-refractivity contribution >= 4 is 37.5 Å². The molecule has 0 bridgehead atoms. The highest BCUT2D eigenvalue weighted by Gasteiger charge is 2.22. The number of benzene rings is 2. The number of nitro benzene ring substituents is 1. The fraction of sp³-hybridized carbons (Fsp3) is 0. The molecule has 0 atom stereocenters. The number of nitro groups is 1. The molecule has 0 saturated heterocycles. The molecule has 0 saturated carbocycles. The fourth-order valence-corrected chi connectivity index (χ4v) is 2.21. The lowest BCUT2D eigenvalue weighted by atomic mass is 10.2. The molecule has 0 unspecified atom stereocenters.